The molecule has 0 aromatic heterocycles. The molecule has 20 heavy (non-hydrogen) atoms. The van der Waals surface area contributed by atoms with E-state index in [9.17, 15) is 22.3 Å². The molecule has 1 aromatic rings. The Bertz CT molecular complexity index is 621. The average Bonchev–Trinajstić information content (AvgIpc) is 2.66. The topological polar surface area (TPSA) is 57.6 Å². The van der Waals surface area contributed by atoms with Gasteiger partial charge < -0.3 is 5.11 Å². The normalized spacial score (nSPS) is 30.6. The minimum Gasteiger partial charge on any atom is -0.393 e. The molecule has 3 rings (SSSR count). The summed E-state index contributed by atoms with van der Waals surface area (Å²) < 4.78 is 53.4. The molecular formula is C13H15F2NO3S. The molecule has 0 saturated carbocycles. The van der Waals surface area contributed by atoms with Gasteiger partial charge in [-0.1, -0.05) is 0 Å². The minimum atomic E-state index is -4.07. The van der Waals surface area contributed by atoms with Gasteiger partial charge in [0.15, 0.2) is 0 Å². The second-order valence-corrected chi connectivity index (χ2v) is 7.23. The van der Waals surface area contributed by atoms with Crippen molar-refractivity contribution in [2.45, 2.75) is 48.8 Å². The molecule has 4 nitrogen and oxygen atoms in total. The van der Waals surface area contributed by atoms with Gasteiger partial charge in [0, 0.05) is 12.1 Å². The van der Waals surface area contributed by atoms with Gasteiger partial charge in [-0.25, -0.2) is 17.2 Å². The Morgan fingerprint density at radius 2 is 1.75 bits per heavy atom. The smallest absolute Gasteiger partial charge is 0.246 e. The van der Waals surface area contributed by atoms with Gasteiger partial charge in [-0.2, -0.15) is 4.31 Å². The molecule has 0 aliphatic carbocycles. The maximum Gasteiger partial charge on any atom is 0.246 e. The summed E-state index contributed by atoms with van der Waals surface area (Å²) in [5, 5.41) is 9.69. The van der Waals surface area contributed by atoms with Crippen LogP contribution in [0.15, 0.2) is 23.1 Å². The maximum absolute atomic E-state index is 13.7. The van der Waals surface area contributed by atoms with E-state index in [-0.39, 0.29) is 12.1 Å². The molecule has 2 aliphatic rings. The van der Waals surface area contributed by atoms with Gasteiger partial charge >= 0.3 is 0 Å². The zero-order valence-electron chi connectivity index (χ0n) is 10.7. The molecule has 0 spiro atoms. The van der Waals surface area contributed by atoms with Gasteiger partial charge in [-0.3, -0.25) is 0 Å². The van der Waals surface area contributed by atoms with Gasteiger partial charge in [-0.05, 0) is 43.9 Å². The number of hydrogen-bond acceptors (Lipinski definition) is 3. The van der Waals surface area contributed by atoms with Crippen molar-refractivity contribution in [1.82, 2.24) is 4.31 Å². The summed E-state index contributed by atoms with van der Waals surface area (Å²) >= 11 is 0. The molecule has 1 aromatic carbocycles. The Hall–Kier alpha value is -1.05. The van der Waals surface area contributed by atoms with Gasteiger partial charge in [-0.15, -0.1) is 0 Å². The molecule has 0 amide bonds. The average molecular weight is 303 g/mol. The van der Waals surface area contributed by atoms with Crippen LogP contribution in [-0.4, -0.2) is 36.0 Å². The number of nitrogens with zero attached hydrogens (tertiary/aromatic N) is 1. The Morgan fingerprint density at radius 3 is 2.35 bits per heavy atom. The Labute approximate surface area is 116 Å². The number of aliphatic hydroxyl groups is 1. The van der Waals surface area contributed by atoms with E-state index in [0.717, 1.165) is 18.2 Å². The first-order valence-electron chi connectivity index (χ1n) is 6.56. The van der Waals surface area contributed by atoms with Crippen LogP contribution >= 0.6 is 0 Å². The number of aliphatic hydroxyl groups excluding tert-OH is 1. The summed E-state index contributed by atoms with van der Waals surface area (Å²) in [5.41, 5.74) is 0. The zero-order chi connectivity index (χ0) is 14.5. The number of fused-ring (bicyclic) bond motifs is 2. The largest absolute Gasteiger partial charge is 0.393 e. The first kappa shape index (κ1) is 13.9. The molecule has 0 radical (unpaired) electrons. The molecule has 2 bridgehead atoms. The Morgan fingerprint density at radius 1 is 1.15 bits per heavy atom. The molecule has 1 N–H and O–H groups in total. The number of sulfonamides is 1. The van der Waals surface area contributed by atoms with Crippen LogP contribution < -0.4 is 0 Å². The van der Waals surface area contributed by atoms with Crippen LogP contribution in [0.2, 0.25) is 0 Å². The van der Waals surface area contributed by atoms with Crippen LogP contribution in [0.3, 0.4) is 0 Å². The van der Waals surface area contributed by atoms with Crippen LogP contribution in [-0.2, 0) is 10.0 Å². The van der Waals surface area contributed by atoms with Crippen molar-refractivity contribution in [3.63, 3.8) is 0 Å². The SMILES string of the molecule is O=S(=O)(c1cc(F)ccc1F)N1C2CCC1CC(O)C2. The second-order valence-electron chi connectivity index (χ2n) is 5.42. The first-order chi connectivity index (χ1) is 9.39. The Kier molecular flexibility index (Phi) is 3.30. The van der Waals surface area contributed by atoms with E-state index in [4.69, 9.17) is 0 Å². The van der Waals surface area contributed by atoms with Crippen LogP contribution in [0.4, 0.5) is 8.78 Å². The lowest BCUT2D eigenvalue weighted by Crippen LogP contribution is -2.48. The summed E-state index contributed by atoms with van der Waals surface area (Å²) in [6, 6.07) is 1.79. The van der Waals surface area contributed by atoms with Gasteiger partial charge in [0.2, 0.25) is 10.0 Å². The van der Waals surface area contributed by atoms with Gasteiger partial charge in [0.05, 0.1) is 6.10 Å². The van der Waals surface area contributed by atoms with Crippen molar-refractivity contribution >= 4 is 10.0 Å². The highest BCUT2D eigenvalue weighted by Gasteiger charge is 2.47. The summed E-state index contributed by atoms with van der Waals surface area (Å²) in [7, 11) is -4.07. The highest BCUT2D eigenvalue weighted by atomic mass is 32.2. The number of rotatable bonds is 2. The molecule has 2 atom stereocenters. The fourth-order valence-electron chi connectivity index (χ4n) is 3.29. The Balaban J connectivity index is 2.03. The van der Waals surface area contributed by atoms with E-state index in [1.807, 2.05) is 0 Å². The predicted molar refractivity (Wildman–Crippen MR) is 67.4 cm³/mol. The lowest BCUT2D eigenvalue weighted by Gasteiger charge is -2.36. The third-order valence-corrected chi connectivity index (χ3v) is 6.11. The number of halogens is 2. The number of piperidine rings is 1. The standard InChI is InChI=1S/C13H15F2NO3S/c14-8-1-4-12(15)13(5-8)20(18,19)16-9-2-3-10(16)7-11(17)6-9/h1,4-5,9-11,17H,2-3,6-7H2. The molecule has 2 fully saturated rings. The first-order valence-corrected chi connectivity index (χ1v) is 8.00. The van der Waals surface area contributed by atoms with E-state index in [1.165, 1.54) is 4.31 Å². The van der Waals surface area contributed by atoms with Crippen molar-refractivity contribution in [3.05, 3.63) is 29.8 Å². The third-order valence-electron chi connectivity index (χ3n) is 4.09. The summed E-state index contributed by atoms with van der Waals surface area (Å²) in [4.78, 5) is -0.620. The summed E-state index contributed by atoms with van der Waals surface area (Å²) in [5.74, 6) is -1.73. The second kappa shape index (κ2) is 4.75. The maximum atomic E-state index is 13.7. The molecule has 110 valence electrons. The van der Waals surface area contributed by atoms with Crippen molar-refractivity contribution in [2.75, 3.05) is 0 Å². The lowest BCUT2D eigenvalue weighted by molar-refractivity contribution is 0.0767. The van der Waals surface area contributed by atoms with E-state index < -0.39 is 32.7 Å². The van der Waals surface area contributed by atoms with Gasteiger partial charge in [0.1, 0.15) is 16.5 Å². The minimum absolute atomic E-state index is 0.323. The fraction of sp³-hybridized carbons (Fsp3) is 0.538. The summed E-state index contributed by atoms with van der Waals surface area (Å²) in [6.07, 6.45) is 1.49. The van der Waals surface area contributed by atoms with Crippen molar-refractivity contribution in [3.8, 4) is 0 Å². The zero-order valence-corrected chi connectivity index (χ0v) is 11.5. The molecule has 2 heterocycles. The third kappa shape index (κ3) is 2.13. The number of benzene rings is 1. The van der Waals surface area contributed by atoms with Gasteiger partial charge in [0.25, 0.3) is 0 Å². The fourth-order valence-corrected chi connectivity index (χ4v) is 5.26. The number of hydrogen-bond donors (Lipinski definition) is 1. The monoisotopic (exact) mass is 303 g/mol. The van der Waals surface area contributed by atoms with E-state index >= 15 is 0 Å². The molecule has 2 unspecified atom stereocenters. The van der Waals surface area contributed by atoms with Crippen molar-refractivity contribution in [2.24, 2.45) is 0 Å². The quantitative estimate of drug-likeness (QED) is 0.903. The van der Waals surface area contributed by atoms with Crippen LogP contribution in [0.1, 0.15) is 25.7 Å². The highest BCUT2D eigenvalue weighted by molar-refractivity contribution is 7.89. The van der Waals surface area contributed by atoms with E-state index in [2.05, 4.69) is 0 Å². The predicted octanol–water partition coefficient (Wildman–Crippen LogP) is 1.64. The van der Waals surface area contributed by atoms with Crippen molar-refractivity contribution in [1.29, 1.82) is 0 Å². The highest BCUT2D eigenvalue weighted by Crippen LogP contribution is 2.40. The molecule has 2 aliphatic heterocycles. The summed E-state index contributed by atoms with van der Waals surface area (Å²) in [6.45, 7) is 0. The van der Waals surface area contributed by atoms with Crippen LogP contribution in [0, 0.1) is 11.6 Å². The van der Waals surface area contributed by atoms with Crippen LogP contribution in [0.5, 0.6) is 0 Å². The van der Waals surface area contributed by atoms with Crippen molar-refractivity contribution < 1.29 is 22.3 Å². The van der Waals surface area contributed by atoms with E-state index in [1.54, 1.807) is 0 Å². The van der Waals surface area contributed by atoms with E-state index in [0.29, 0.717) is 25.7 Å². The molecule has 7 heteroatoms. The lowest BCUT2D eigenvalue weighted by atomic mass is 10.0. The molecular weight excluding hydrogens is 288 g/mol. The molecule has 2 saturated heterocycles. The van der Waals surface area contributed by atoms with Crippen LogP contribution in [0.25, 0.3) is 0 Å².